The first-order valence-electron chi connectivity index (χ1n) is 22.3. The molecule has 0 saturated carbocycles. The summed E-state index contributed by atoms with van der Waals surface area (Å²) in [5.41, 5.74) is 2.49. The monoisotopic (exact) mass is 1090 g/mol. The highest BCUT2D eigenvalue weighted by atomic mass is 35.5. The third-order valence-electron chi connectivity index (χ3n) is 12.5. The number of halogens is 8. The molecule has 0 unspecified atom stereocenters. The van der Waals surface area contributed by atoms with E-state index in [-0.39, 0.29) is 27.5 Å². The minimum atomic E-state index is -1.52. The van der Waals surface area contributed by atoms with E-state index >= 15 is 8.78 Å². The molecule has 0 amide bonds. The van der Waals surface area contributed by atoms with Crippen molar-refractivity contribution in [1.82, 2.24) is 19.1 Å². The lowest BCUT2D eigenvalue weighted by atomic mass is 9.81. The van der Waals surface area contributed by atoms with E-state index in [9.17, 15) is 13.6 Å². The Morgan fingerprint density at radius 3 is 1.64 bits per heavy atom. The van der Waals surface area contributed by atoms with Crippen LogP contribution in [0.3, 0.4) is 0 Å². The number of carbonyl (C=O) groups is 1. The summed E-state index contributed by atoms with van der Waals surface area (Å²) >= 11 is 28.3. The summed E-state index contributed by atoms with van der Waals surface area (Å²) in [5.74, 6) is -2.27. The van der Waals surface area contributed by atoms with E-state index in [0.717, 1.165) is 28.6 Å². The molecule has 0 saturated heterocycles. The largest absolute Gasteiger partial charge is 0.495 e. The van der Waals surface area contributed by atoms with Crippen molar-refractivity contribution in [2.75, 3.05) is 7.11 Å². The van der Waals surface area contributed by atoms with Crippen LogP contribution in [-0.2, 0) is 32.7 Å². The Bertz CT molecular complexity index is 3300. The van der Waals surface area contributed by atoms with Crippen molar-refractivity contribution < 1.29 is 31.8 Å². The van der Waals surface area contributed by atoms with Gasteiger partial charge in [-0.2, -0.15) is 0 Å². The zero-order valence-electron chi connectivity index (χ0n) is 39.9. The lowest BCUT2D eigenvalue weighted by Gasteiger charge is -2.28. The fraction of sp³-hybridized carbons (Fsp3) is 0.218. The van der Waals surface area contributed by atoms with Crippen molar-refractivity contribution in [3.8, 4) is 17.1 Å². The summed E-state index contributed by atoms with van der Waals surface area (Å²) in [6, 6.07) is 29.9. The molecule has 72 heavy (non-hydrogen) atoms. The SMILES string of the molecule is COc1cc(C(C)(C)c2cnc(SCc3c(F)cc(C(=O)OC(C)(C)c4cc(CSc5ncc(C(C)(C)c6ccc(Cl)c(Cl)c6)n5-c5ccc(F)cc5)ccc4F)cc3Cl)n2-c2ccc(F)cc2)ccc1Cl. The maximum absolute atomic E-state index is 16.1. The molecule has 8 rings (SSSR count). The second kappa shape index (κ2) is 21.2. The molecular weight excluding hydrogens is 1050 g/mol. The fourth-order valence-electron chi connectivity index (χ4n) is 8.28. The summed E-state index contributed by atoms with van der Waals surface area (Å²) in [6.07, 6.45) is 3.48. The van der Waals surface area contributed by atoms with Crippen LogP contribution in [0.25, 0.3) is 11.4 Å². The number of thioether (sulfide) groups is 2. The molecule has 0 spiro atoms. The van der Waals surface area contributed by atoms with Crippen LogP contribution < -0.4 is 4.74 Å². The van der Waals surface area contributed by atoms with E-state index in [2.05, 4.69) is 0 Å². The van der Waals surface area contributed by atoms with Gasteiger partial charge in [-0.15, -0.1) is 0 Å². The number of rotatable bonds is 16. The molecule has 0 bridgehead atoms. The normalized spacial score (nSPS) is 12.1. The van der Waals surface area contributed by atoms with Gasteiger partial charge in [0.15, 0.2) is 10.3 Å². The molecule has 0 atom stereocenters. The number of hydrogen-bond donors (Lipinski definition) is 0. The molecule has 0 aliphatic carbocycles. The van der Waals surface area contributed by atoms with Gasteiger partial charge >= 0.3 is 5.97 Å². The van der Waals surface area contributed by atoms with Gasteiger partial charge < -0.3 is 9.47 Å². The molecule has 0 radical (unpaired) electrons. The van der Waals surface area contributed by atoms with Crippen LogP contribution in [0.15, 0.2) is 138 Å². The Labute approximate surface area is 443 Å². The molecule has 7 nitrogen and oxygen atoms in total. The number of ether oxygens (including phenoxy) is 2. The zero-order valence-corrected chi connectivity index (χ0v) is 44.5. The molecule has 0 aliphatic rings. The fourth-order valence-corrected chi connectivity index (χ4v) is 11.1. The molecule has 2 aromatic heterocycles. The Morgan fingerprint density at radius 2 is 1.11 bits per heavy atom. The van der Waals surface area contributed by atoms with Gasteiger partial charge in [-0.05, 0) is 128 Å². The van der Waals surface area contributed by atoms with Crippen molar-refractivity contribution >= 4 is 75.9 Å². The topological polar surface area (TPSA) is 71.2 Å². The van der Waals surface area contributed by atoms with Crippen molar-refractivity contribution in [3.05, 3.63) is 216 Å². The van der Waals surface area contributed by atoms with Crippen molar-refractivity contribution in [2.45, 2.75) is 79.8 Å². The van der Waals surface area contributed by atoms with E-state index in [1.54, 1.807) is 74.8 Å². The first-order chi connectivity index (χ1) is 34.1. The molecule has 0 fully saturated rings. The summed E-state index contributed by atoms with van der Waals surface area (Å²) in [7, 11) is 1.54. The lowest BCUT2D eigenvalue weighted by molar-refractivity contribution is -0.00460. The lowest BCUT2D eigenvalue weighted by Crippen LogP contribution is -2.27. The van der Waals surface area contributed by atoms with Crippen LogP contribution >= 0.6 is 69.9 Å². The third kappa shape index (κ3) is 10.9. The Kier molecular flexibility index (Phi) is 15.6. The average Bonchev–Trinajstić information content (AvgIpc) is 3.98. The van der Waals surface area contributed by atoms with E-state index in [1.165, 1.54) is 67.0 Å². The quantitative estimate of drug-likeness (QED) is 0.0542. The van der Waals surface area contributed by atoms with Gasteiger partial charge in [0, 0.05) is 49.9 Å². The number of methoxy groups -OCH3 is 1. The van der Waals surface area contributed by atoms with E-state index in [0.29, 0.717) is 53.8 Å². The maximum Gasteiger partial charge on any atom is 0.339 e. The van der Waals surface area contributed by atoms with Crippen molar-refractivity contribution in [2.24, 2.45) is 0 Å². The van der Waals surface area contributed by atoms with Gasteiger partial charge in [0.1, 0.15) is 34.6 Å². The van der Waals surface area contributed by atoms with Crippen LogP contribution in [0.1, 0.15) is 91.1 Å². The molecule has 372 valence electrons. The third-order valence-corrected chi connectivity index (χ3v) is 15.9. The van der Waals surface area contributed by atoms with Crippen LogP contribution in [0.4, 0.5) is 17.6 Å². The van der Waals surface area contributed by atoms with Crippen LogP contribution in [0, 0.1) is 23.3 Å². The van der Waals surface area contributed by atoms with Gasteiger partial charge in [-0.3, -0.25) is 9.13 Å². The van der Waals surface area contributed by atoms with E-state index < -0.39 is 45.7 Å². The highest BCUT2D eigenvalue weighted by Gasteiger charge is 2.34. The number of hydrogen-bond acceptors (Lipinski definition) is 7. The number of benzene rings is 6. The first kappa shape index (κ1) is 52.9. The number of carbonyl (C=O) groups excluding carboxylic acids is 1. The molecule has 0 N–H and O–H groups in total. The smallest absolute Gasteiger partial charge is 0.339 e. The molecule has 8 aromatic rings. The summed E-state index contributed by atoms with van der Waals surface area (Å²) in [5, 5.41) is 2.31. The average molecular weight is 1090 g/mol. The predicted octanol–water partition coefficient (Wildman–Crippen LogP) is 16.6. The summed E-state index contributed by atoms with van der Waals surface area (Å²) in [6.45, 7) is 11.2. The molecule has 6 aromatic carbocycles. The van der Waals surface area contributed by atoms with Crippen LogP contribution in [0.5, 0.6) is 5.75 Å². The van der Waals surface area contributed by atoms with E-state index in [1.807, 2.05) is 61.1 Å². The maximum atomic E-state index is 16.1. The number of esters is 1. The van der Waals surface area contributed by atoms with Gasteiger partial charge in [-0.1, -0.05) is 116 Å². The van der Waals surface area contributed by atoms with Crippen LogP contribution in [0.2, 0.25) is 20.1 Å². The van der Waals surface area contributed by atoms with E-state index in [4.69, 9.17) is 65.8 Å². The standard InChI is InChI=1S/C55H46Cl4F4N4O3S2/c1-53(2,33-9-19-41(56)44(59)25-33)48-27-64-51(66(48)37-15-11-35(60)12-16-37)71-29-31-8-21-45(62)40(22-31)55(5,6)70-50(68)32-23-43(58)39(46(63)24-32)30-72-52-65-28-49(67(52)38-17-13-36(61)14-18-38)54(3,4)34-10-20-42(57)47(26-34)69-7/h8-28H,29-30H2,1-7H3. The minimum Gasteiger partial charge on any atom is -0.495 e. The summed E-state index contributed by atoms with van der Waals surface area (Å²) in [4.78, 5) is 23.3. The van der Waals surface area contributed by atoms with Crippen LogP contribution in [-0.4, -0.2) is 32.2 Å². The number of imidazole rings is 2. The highest BCUT2D eigenvalue weighted by Crippen LogP contribution is 2.42. The number of aromatic nitrogens is 4. The number of nitrogens with zero attached hydrogens (tertiary/aromatic N) is 4. The molecule has 0 aliphatic heterocycles. The molecule has 2 heterocycles. The minimum absolute atomic E-state index is 0.00872. The molecular formula is C55H46Cl4F4N4O3S2. The Hall–Kier alpha value is -5.41. The first-order valence-corrected chi connectivity index (χ1v) is 25.8. The molecule has 17 heteroatoms. The Balaban J connectivity index is 1.00. The second-order valence-electron chi connectivity index (χ2n) is 18.4. The highest BCUT2D eigenvalue weighted by molar-refractivity contribution is 7.98. The van der Waals surface area contributed by atoms with Crippen molar-refractivity contribution in [1.29, 1.82) is 0 Å². The zero-order chi connectivity index (χ0) is 51.9. The van der Waals surface area contributed by atoms with Gasteiger partial charge in [0.2, 0.25) is 0 Å². The van der Waals surface area contributed by atoms with Crippen molar-refractivity contribution in [3.63, 3.8) is 0 Å². The van der Waals surface area contributed by atoms with Gasteiger partial charge in [0.05, 0.1) is 51.5 Å². The van der Waals surface area contributed by atoms with Gasteiger partial charge in [-0.25, -0.2) is 32.3 Å². The predicted molar refractivity (Wildman–Crippen MR) is 281 cm³/mol. The van der Waals surface area contributed by atoms with Gasteiger partial charge in [0.25, 0.3) is 0 Å². The summed E-state index contributed by atoms with van der Waals surface area (Å²) < 4.78 is 75.4. The Morgan fingerprint density at radius 1 is 0.583 bits per heavy atom. The second-order valence-corrected chi connectivity index (χ2v) is 21.9.